The number of nitrogens with zero attached hydrogens (tertiary/aromatic N) is 2. The molecule has 0 spiro atoms. The van der Waals surface area contributed by atoms with Crippen LogP contribution in [0.25, 0.3) is 0 Å². The Morgan fingerprint density at radius 3 is 2.53 bits per heavy atom. The zero-order chi connectivity index (χ0) is 23.6. The van der Waals surface area contributed by atoms with Gasteiger partial charge in [0.05, 0.1) is 29.1 Å². The number of amides is 3. The predicted octanol–water partition coefficient (Wildman–Crippen LogP) is 3.28. The summed E-state index contributed by atoms with van der Waals surface area (Å²) in [6, 6.07) is 2.98. The first-order valence-electron chi connectivity index (χ1n) is 9.70. The predicted molar refractivity (Wildman–Crippen MR) is 106 cm³/mol. The summed E-state index contributed by atoms with van der Waals surface area (Å²) in [4.78, 5) is 41.7. The van der Waals surface area contributed by atoms with Gasteiger partial charge in [0.2, 0.25) is 5.91 Å². The van der Waals surface area contributed by atoms with Crippen molar-refractivity contribution < 1.29 is 31.9 Å². The van der Waals surface area contributed by atoms with Crippen LogP contribution >= 0.6 is 0 Å². The highest BCUT2D eigenvalue weighted by Gasteiger charge is 2.38. The van der Waals surface area contributed by atoms with E-state index in [0.717, 1.165) is 0 Å². The third-order valence-electron chi connectivity index (χ3n) is 5.23. The molecule has 2 aromatic rings. The van der Waals surface area contributed by atoms with E-state index in [1.807, 2.05) is 6.92 Å². The second-order valence-electron chi connectivity index (χ2n) is 7.67. The fraction of sp³-hybridized carbons (Fsp3) is 0.333. The largest absolute Gasteiger partial charge is 0.419 e. The summed E-state index contributed by atoms with van der Waals surface area (Å²) >= 11 is 0. The summed E-state index contributed by atoms with van der Waals surface area (Å²) in [7, 11) is 0. The molecule has 1 fully saturated rings. The molecule has 170 valence electrons. The van der Waals surface area contributed by atoms with Gasteiger partial charge in [0.15, 0.2) is 0 Å². The lowest BCUT2D eigenvalue weighted by Gasteiger charge is -2.38. The third kappa shape index (κ3) is 5.04. The van der Waals surface area contributed by atoms with Crippen molar-refractivity contribution in [2.45, 2.75) is 32.0 Å². The van der Waals surface area contributed by atoms with Gasteiger partial charge in [-0.3, -0.25) is 19.4 Å². The Kier molecular flexibility index (Phi) is 6.47. The molecule has 0 saturated carbocycles. The summed E-state index contributed by atoms with van der Waals surface area (Å²) in [5.41, 5.74) is 3.90. The number of carbonyl (C=O) groups excluding carboxylic acids is 3. The van der Waals surface area contributed by atoms with Gasteiger partial charge in [0, 0.05) is 12.7 Å². The molecule has 2 atom stereocenters. The van der Waals surface area contributed by atoms with Gasteiger partial charge >= 0.3 is 18.0 Å². The zero-order valence-electron chi connectivity index (χ0n) is 16.9. The highest BCUT2D eigenvalue weighted by atomic mass is 19.4. The Bertz CT molecular complexity index is 1060. The molecule has 0 aliphatic carbocycles. The summed E-state index contributed by atoms with van der Waals surface area (Å²) in [6.45, 7) is 1.98. The summed E-state index contributed by atoms with van der Waals surface area (Å²) in [6.07, 6.45) is -1.58. The van der Waals surface area contributed by atoms with Crippen LogP contribution in [0.5, 0.6) is 0 Å². The molecule has 1 saturated heterocycles. The number of benzene rings is 1. The van der Waals surface area contributed by atoms with Crippen molar-refractivity contribution >= 4 is 23.4 Å². The van der Waals surface area contributed by atoms with Crippen LogP contribution in [0.15, 0.2) is 36.7 Å². The molecule has 32 heavy (non-hydrogen) atoms. The summed E-state index contributed by atoms with van der Waals surface area (Å²) < 4.78 is 53.2. The fourth-order valence-corrected chi connectivity index (χ4v) is 3.65. The molecule has 0 unspecified atom stereocenters. The van der Waals surface area contributed by atoms with Gasteiger partial charge in [-0.1, -0.05) is 13.0 Å². The molecule has 1 aliphatic heterocycles. The Balaban J connectivity index is 1.87. The zero-order valence-corrected chi connectivity index (χ0v) is 16.9. The quantitative estimate of drug-likeness (QED) is 0.551. The van der Waals surface area contributed by atoms with Gasteiger partial charge in [0.1, 0.15) is 5.82 Å². The third-order valence-corrected chi connectivity index (χ3v) is 5.23. The molecule has 11 heteroatoms. The molecule has 3 rings (SSSR count). The van der Waals surface area contributed by atoms with E-state index >= 15 is 0 Å². The molecular weight excluding hydrogens is 432 g/mol. The number of nitrogens with one attached hydrogen (secondary N) is 1. The minimum absolute atomic E-state index is 0.00499. The number of piperidine rings is 1. The van der Waals surface area contributed by atoms with E-state index in [9.17, 15) is 31.9 Å². The number of pyridine rings is 1. The Hall–Kier alpha value is -3.50. The van der Waals surface area contributed by atoms with E-state index < -0.39 is 41.3 Å². The van der Waals surface area contributed by atoms with E-state index in [1.54, 1.807) is 0 Å². The van der Waals surface area contributed by atoms with Crippen LogP contribution in [0.4, 0.5) is 23.2 Å². The van der Waals surface area contributed by atoms with Gasteiger partial charge in [-0.05, 0) is 42.5 Å². The number of alkyl halides is 3. The lowest BCUT2D eigenvalue weighted by atomic mass is 9.89. The van der Waals surface area contributed by atoms with E-state index in [-0.39, 0.29) is 29.3 Å². The maximum atomic E-state index is 13.7. The summed E-state index contributed by atoms with van der Waals surface area (Å²) in [5, 5.41) is 2.33. The van der Waals surface area contributed by atoms with Crippen LogP contribution < -0.4 is 11.1 Å². The van der Waals surface area contributed by atoms with Gasteiger partial charge in [0.25, 0.3) is 0 Å². The standard InChI is InChI=1S/C21H20F4N4O3/c1-11-2-5-17(12-3-4-16(22)15(7-12)21(23,24)25)29(10-11)20(32)19(31)28-14-6-13(18(26)30)8-27-9-14/h3-4,6-9,11,17H,2,5,10H2,1H3,(H2,26,30)(H,28,31)/t11-,17+/m0/s1. The number of anilines is 1. The molecule has 7 nitrogen and oxygen atoms in total. The van der Waals surface area contributed by atoms with E-state index in [4.69, 9.17) is 5.73 Å². The molecule has 0 radical (unpaired) electrons. The molecule has 1 aromatic heterocycles. The first-order chi connectivity index (χ1) is 15.0. The van der Waals surface area contributed by atoms with Crippen molar-refractivity contribution in [3.05, 3.63) is 59.2 Å². The van der Waals surface area contributed by atoms with Crippen LogP contribution in [0, 0.1) is 11.7 Å². The van der Waals surface area contributed by atoms with Crippen LogP contribution in [0.3, 0.4) is 0 Å². The van der Waals surface area contributed by atoms with Crippen molar-refractivity contribution in [3.8, 4) is 0 Å². The van der Waals surface area contributed by atoms with E-state index in [2.05, 4.69) is 10.3 Å². The molecule has 3 amide bonds. The van der Waals surface area contributed by atoms with E-state index in [0.29, 0.717) is 25.0 Å². The maximum Gasteiger partial charge on any atom is 0.419 e. The topological polar surface area (TPSA) is 105 Å². The SMILES string of the molecule is C[C@H]1CC[C@H](c2ccc(F)c(C(F)(F)F)c2)N(C(=O)C(=O)Nc2cncc(C(N)=O)c2)C1. The Morgan fingerprint density at radius 1 is 1.16 bits per heavy atom. The normalized spacial score (nSPS) is 18.8. The molecule has 1 aliphatic rings. The number of carbonyl (C=O) groups is 3. The lowest BCUT2D eigenvalue weighted by molar-refractivity contribution is -0.146. The van der Waals surface area contributed by atoms with Gasteiger partial charge in [-0.15, -0.1) is 0 Å². The van der Waals surface area contributed by atoms with Crippen molar-refractivity contribution in [2.24, 2.45) is 11.7 Å². The molecule has 2 heterocycles. The first kappa shape index (κ1) is 23.2. The van der Waals surface area contributed by atoms with E-state index in [1.165, 1.54) is 29.4 Å². The van der Waals surface area contributed by atoms with Gasteiger partial charge in [-0.25, -0.2) is 4.39 Å². The highest BCUT2D eigenvalue weighted by molar-refractivity contribution is 6.39. The van der Waals surface area contributed by atoms with Crippen molar-refractivity contribution in [2.75, 3.05) is 11.9 Å². The minimum atomic E-state index is -4.90. The number of hydrogen-bond acceptors (Lipinski definition) is 4. The second-order valence-corrected chi connectivity index (χ2v) is 7.67. The Labute approximate surface area is 180 Å². The van der Waals surface area contributed by atoms with Crippen molar-refractivity contribution in [1.29, 1.82) is 0 Å². The summed E-state index contributed by atoms with van der Waals surface area (Å²) in [5.74, 6) is -4.20. The van der Waals surface area contributed by atoms with Crippen LogP contribution in [0.2, 0.25) is 0 Å². The number of nitrogens with two attached hydrogens (primary N) is 1. The minimum Gasteiger partial charge on any atom is -0.366 e. The Morgan fingerprint density at radius 2 is 1.88 bits per heavy atom. The smallest absolute Gasteiger partial charge is 0.366 e. The molecule has 3 N–H and O–H groups in total. The van der Waals surface area contributed by atoms with Crippen LogP contribution in [0.1, 0.15) is 47.3 Å². The number of primary amides is 1. The average Bonchev–Trinajstić information content (AvgIpc) is 2.73. The molecule has 0 bridgehead atoms. The number of aromatic nitrogens is 1. The number of likely N-dealkylation sites (tertiary alicyclic amines) is 1. The number of hydrogen-bond donors (Lipinski definition) is 2. The van der Waals surface area contributed by atoms with Crippen molar-refractivity contribution in [3.63, 3.8) is 0 Å². The fourth-order valence-electron chi connectivity index (χ4n) is 3.65. The number of halogens is 4. The maximum absolute atomic E-state index is 13.7. The monoisotopic (exact) mass is 452 g/mol. The molecule has 1 aromatic carbocycles. The second kappa shape index (κ2) is 8.93. The molecular formula is C21H20F4N4O3. The highest BCUT2D eigenvalue weighted by Crippen LogP contribution is 2.38. The first-order valence-corrected chi connectivity index (χ1v) is 9.70. The van der Waals surface area contributed by atoms with Gasteiger partial charge in [-0.2, -0.15) is 13.2 Å². The van der Waals surface area contributed by atoms with Crippen LogP contribution in [-0.2, 0) is 15.8 Å². The average molecular weight is 452 g/mol. The van der Waals surface area contributed by atoms with Gasteiger partial charge < -0.3 is 16.0 Å². The van der Waals surface area contributed by atoms with Crippen molar-refractivity contribution in [1.82, 2.24) is 9.88 Å². The lowest BCUT2D eigenvalue weighted by Crippen LogP contribution is -2.46. The number of rotatable bonds is 3. The van der Waals surface area contributed by atoms with Crippen LogP contribution in [-0.4, -0.2) is 34.2 Å².